The molecule has 27 heavy (non-hydrogen) atoms. The van der Waals surface area contributed by atoms with E-state index in [4.69, 9.17) is 9.47 Å². The zero-order chi connectivity index (χ0) is 18.8. The van der Waals surface area contributed by atoms with Crippen LogP contribution in [0, 0.1) is 5.92 Å². The summed E-state index contributed by atoms with van der Waals surface area (Å²) in [5, 5.41) is 12.8. The molecule has 146 valence electrons. The van der Waals surface area contributed by atoms with E-state index in [0.29, 0.717) is 25.3 Å². The van der Waals surface area contributed by atoms with Crippen LogP contribution < -0.4 is 19.3 Å². The molecule has 0 aliphatic carbocycles. The second-order valence-electron chi connectivity index (χ2n) is 8.18. The monoisotopic (exact) mass is 374 g/mol. The number of rotatable bonds is 6. The highest BCUT2D eigenvalue weighted by Crippen LogP contribution is 2.32. The minimum atomic E-state index is 0.292. The van der Waals surface area contributed by atoms with Gasteiger partial charge in [-0.05, 0) is 34.0 Å². The smallest absolute Gasteiger partial charge is 0.231 e. The average molecular weight is 374 g/mol. The van der Waals surface area contributed by atoms with Crippen molar-refractivity contribution in [3.05, 3.63) is 29.6 Å². The van der Waals surface area contributed by atoms with Crippen LogP contribution in [0.1, 0.15) is 37.7 Å². The Balaban J connectivity index is 1.56. The van der Waals surface area contributed by atoms with Crippen molar-refractivity contribution in [3.8, 4) is 11.5 Å². The van der Waals surface area contributed by atoms with Gasteiger partial charge in [0.25, 0.3) is 0 Å². The first kappa shape index (κ1) is 18.2. The molecule has 1 aromatic heterocycles. The van der Waals surface area contributed by atoms with Crippen molar-refractivity contribution in [2.24, 2.45) is 5.92 Å². The molecule has 8 heteroatoms. The highest BCUT2D eigenvalue weighted by atomic mass is 16.7. The predicted octanol–water partition coefficient (Wildman–Crippen LogP) is -1.05. The molecule has 2 aromatic rings. The lowest BCUT2D eigenvalue weighted by molar-refractivity contribution is -1.02. The molecular weight excluding hydrogens is 344 g/mol. The number of benzene rings is 1. The fourth-order valence-corrected chi connectivity index (χ4v) is 4.06. The summed E-state index contributed by atoms with van der Waals surface area (Å²) >= 11 is 0. The van der Waals surface area contributed by atoms with Crippen LogP contribution in [0.5, 0.6) is 11.5 Å². The fourth-order valence-electron chi connectivity index (χ4n) is 4.06. The Hall–Kier alpha value is -2.19. The summed E-state index contributed by atoms with van der Waals surface area (Å²) in [6.45, 7) is 10.2. The highest BCUT2D eigenvalue weighted by Gasteiger charge is 2.33. The Morgan fingerprint density at radius 3 is 2.67 bits per heavy atom. The number of quaternary nitrogens is 2. The molecule has 4 rings (SSSR count). The maximum atomic E-state index is 5.50. The lowest BCUT2D eigenvalue weighted by Crippen LogP contribution is -3.27. The molecule has 1 saturated heterocycles. The summed E-state index contributed by atoms with van der Waals surface area (Å²) in [7, 11) is 2.28. The molecule has 2 aliphatic rings. The van der Waals surface area contributed by atoms with Crippen LogP contribution in [0.4, 0.5) is 0 Å². The van der Waals surface area contributed by atoms with E-state index in [2.05, 4.69) is 42.5 Å². The van der Waals surface area contributed by atoms with Gasteiger partial charge in [-0.1, -0.05) is 19.9 Å². The number of hydrogen-bond acceptors (Lipinski definition) is 5. The molecule has 0 saturated carbocycles. The first-order valence-corrected chi connectivity index (χ1v) is 9.90. The summed E-state index contributed by atoms with van der Waals surface area (Å²) < 4.78 is 12.9. The maximum absolute atomic E-state index is 5.50. The van der Waals surface area contributed by atoms with Crippen LogP contribution in [0.2, 0.25) is 0 Å². The van der Waals surface area contributed by atoms with Gasteiger partial charge in [-0.3, -0.25) is 0 Å². The van der Waals surface area contributed by atoms with Gasteiger partial charge in [-0.15, -0.1) is 5.10 Å². The van der Waals surface area contributed by atoms with Gasteiger partial charge < -0.3 is 19.3 Å². The Bertz CT molecular complexity index is 769. The van der Waals surface area contributed by atoms with E-state index in [1.54, 1.807) is 9.80 Å². The molecule has 0 unspecified atom stereocenters. The molecule has 0 amide bonds. The quantitative estimate of drug-likeness (QED) is 0.675. The zero-order valence-electron chi connectivity index (χ0n) is 16.4. The Kier molecular flexibility index (Phi) is 5.27. The van der Waals surface area contributed by atoms with E-state index in [9.17, 15) is 0 Å². The summed E-state index contributed by atoms with van der Waals surface area (Å²) in [6, 6.07) is 6.38. The number of hydrogen-bond donors (Lipinski definition) is 2. The Labute approximate surface area is 160 Å². The normalized spacial score (nSPS) is 23.0. The van der Waals surface area contributed by atoms with Crippen LogP contribution >= 0.6 is 0 Å². The van der Waals surface area contributed by atoms with Crippen LogP contribution in [0.3, 0.4) is 0 Å². The molecule has 0 spiro atoms. The van der Waals surface area contributed by atoms with Gasteiger partial charge in [0.15, 0.2) is 17.5 Å². The van der Waals surface area contributed by atoms with E-state index < -0.39 is 0 Å². The molecule has 8 nitrogen and oxygen atoms in total. The third-order valence-electron chi connectivity index (χ3n) is 5.59. The van der Waals surface area contributed by atoms with Crippen molar-refractivity contribution in [3.63, 3.8) is 0 Å². The number of piperazine rings is 1. The lowest BCUT2D eigenvalue weighted by atomic mass is 10.0. The summed E-state index contributed by atoms with van der Waals surface area (Å²) in [4.78, 5) is 3.22. The highest BCUT2D eigenvalue weighted by molar-refractivity contribution is 5.44. The topological polar surface area (TPSA) is 70.9 Å². The SMILES string of the molecule is CC(C)C[C@H](c1nnnn1Cc1ccc2c(c1)OCO2)[NH+]1CC[NH+](C)CC1. The molecule has 0 radical (unpaired) electrons. The molecule has 1 fully saturated rings. The molecular formula is C19H30N6O2+2. The molecule has 0 bridgehead atoms. The standard InChI is InChI=1S/C19H28N6O2/c1-14(2)10-16(24-8-6-23(3)7-9-24)19-20-21-22-25(19)12-15-4-5-17-18(11-15)27-13-26-17/h4-5,11,14,16H,6-10,12-13H2,1-3H3/p+2/t16-/m1/s1. The minimum absolute atomic E-state index is 0.292. The van der Waals surface area contributed by atoms with E-state index in [0.717, 1.165) is 29.3 Å². The number of likely N-dealkylation sites (N-methyl/N-ethyl adjacent to an activating group) is 1. The largest absolute Gasteiger partial charge is 0.454 e. The number of fused-ring (bicyclic) bond motifs is 1. The molecule has 3 heterocycles. The average Bonchev–Trinajstić information content (AvgIpc) is 3.29. The number of ether oxygens (including phenoxy) is 2. The number of nitrogens with one attached hydrogen (secondary N) is 2. The Morgan fingerprint density at radius 1 is 1.11 bits per heavy atom. The van der Waals surface area contributed by atoms with Crippen molar-refractivity contribution in [2.45, 2.75) is 32.9 Å². The fraction of sp³-hybridized carbons (Fsp3) is 0.632. The van der Waals surface area contributed by atoms with E-state index in [1.165, 1.54) is 26.2 Å². The molecule has 1 aromatic carbocycles. The van der Waals surface area contributed by atoms with Gasteiger partial charge in [0.1, 0.15) is 26.2 Å². The van der Waals surface area contributed by atoms with Gasteiger partial charge in [-0.25, -0.2) is 4.68 Å². The Morgan fingerprint density at radius 2 is 1.89 bits per heavy atom. The third kappa shape index (κ3) is 4.06. The van der Waals surface area contributed by atoms with Gasteiger partial charge in [0.05, 0.1) is 13.6 Å². The summed E-state index contributed by atoms with van der Waals surface area (Å²) in [6.07, 6.45) is 1.09. The van der Waals surface area contributed by atoms with E-state index >= 15 is 0 Å². The molecule has 1 atom stereocenters. The van der Waals surface area contributed by atoms with E-state index in [-0.39, 0.29) is 0 Å². The maximum Gasteiger partial charge on any atom is 0.231 e. The minimum Gasteiger partial charge on any atom is -0.454 e. The van der Waals surface area contributed by atoms with Gasteiger partial charge in [0, 0.05) is 6.42 Å². The van der Waals surface area contributed by atoms with Crippen molar-refractivity contribution >= 4 is 0 Å². The van der Waals surface area contributed by atoms with Gasteiger partial charge in [-0.2, -0.15) is 0 Å². The number of aromatic nitrogens is 4. The van der Waals surface area contributed by atoms with Crippen molar-refractivity contribution < 1.29 is 19.3 Å². The number of nitrogens with zero attached hydrogens (tertiary/aromatic N) is 4. The molecule has 2 N–H and O–H groups in total. The number of tetrazole rings is 1. The first-order valence-electron chi connectivity index (χ1n) is 9.90. The summed E-state index contributed by atoms with van der Waals surface area (Å²) in [5.74, 6) is 3.20. The second-order valence-corrected chi connectivity index (χ2v) is 8.18. The summed E-state index contributed by atoms with van der Waals surface area (Å²) in [5.41, 5.74) is 1.12. The van der Waals surface area contributed by atoms with E-state index in [1.807, 2.05) is 16.8 Å². The van der Waals surface area contributed by atoms with Crippen LogP contribution in [0.25, 0.3) is 0 Å². The lowest BCUT2D eigenvalue weighted by Gasteiger charge is -2.33. The van der Waals surface area contributed by atoms with Gasteiger partial charge in [0.2, 0.25) is 12.6 Å². The zero-order valence-corrected chi connectivity index (χ0v) is 16.4. The van der Waals surface area contributed by atoms with Crippen LogP contribution in [-0.2, 0) is 6.54 Å². The van der Waals surface area contributed by atoms with Gasteiger partial charge >= 0.3 is 0 Å². The van der Waals surface area contributed by atoms with Crippen LogP contribution in [0.15, 0.2) is 18.2 Å². The predicted molar refractivity (Wildman–Crippen MR) is 99.0 cm³/mol. The third-order valence-corrected chi connectivity index (χ3v) is 5.59. The van der Waals surface area contributed by atoms with Crippen molar-refractivity contribution in [2.75, 3.05) is 40.0 Å². The molecule has 2 aliphatic heterocycles. The second kappa shape index (κ2) is 7.82. The first-order chi connectivity index (χ1) is 13.1. The van der Waals surface area contributed by atoms with Crippen molar-refractivity contribution in [1.82, 2.24) is 20.2 Å². The van der Waals surface area contributed by atoms with Crippen molar-refractivity contribution in [1.29, 1.82) is 0 Å². The van der Waals surface area contributed by atoms with Crippen LogP contribution in [-0.4, -0.2) is 60.2 Å².